The lowest BCUT2D eigenvalue weighted by Crippen LogP contribution is -2.44. The van der Waals surface area contributed by atoms with Crippen LogP contribution < -0.4 is 10.6 Å². The van der Waals surface area contributed by atoms with Crippen molar-refractivity contribution in [3.05, 3.63) is 24.5 Å². The van der Waals surface area contributed by atoms with Crippen LogP contribution in [0.15, 0.2) is 24.5 Å². The fourth-order valence-electron chi connectivity index (χ4n) is 4.09. The number of likely N-dealkylation sites (tertiary alicyclic amines) is 1. The number of imidazole rings is 1. The Bertz CT molecular complexity index is 1000. The van der Waals surface area contributed by atoms with Crippen LogP contribution in [0.3, 0.4) is 0 Å². The molecule has 2 aliphatic heterocycles. The molecule has 3 amide bonds. The van der Waals surface area contributed by atoms with Gasteiger partial charge in [0.25, 0.3) is 0 Å². The first-order chi connectivity index (χ1) is 14.7. The van der Waals surface area contributed by atoms with Crippen LogP contribution in [0.1, 0.15) is 52.5 Å². The Hall–Kier alpha value is -3.10. The molecule has 4 rings (SSSR count). The molecule has 31 heavy (non-hydrogen) atoms. The number of rotatable bonds is 3. The minimum Gasteiger partial charge on any atom is -0.444 e. The van der Waals surface area contributed by atoms with Crippen LogP contribution in [0.4, 0.5) is 10.5 Å². The van der Waals surface area contributed by atoms with Crippen LogP contribution in [0.25, 0.3) is 11.0 Å². The predicted octanol–water partition coefficient (Wildman–Crippen LogP) is 2.83. The largest absolute Gasteiger partial charge is 0.444 e. The summed E-state index contributed by atoms with van der Waals surface area (Å²) in [6.45, 7) is 6.92. The number of amides is 3. The number of anilines is 1. The highest BCUT2D eigenvalue weighted by Gasteiger charge is 2.29. The number of piperidine rings is 2. The zero-order valence-electron chi connectivity index (χ0n) is 18.2. The number of ether oxygens (including phenoxy) is 1. The molecule has 1 aromatic heterocycles. The number of imide groups is 1. The third-order valence-corrected chi connectivity index (χ3v) is 5.64. The van der Waals surface area contributed by atoms with E-state index in [1.54, 1.807) is 11.2 Å². The summed E-state index contributed by atoms with van der Waals surface area (Å²) in [5.41, 5.74) is 2.12. The van der Waals surface area contributed by atoms with E-state index in [1.165, 1.54) is 0 Å². The number of nitrogens with zero attached hydrogens (tertiary/aromatic N) is 3. The van der Waals surface area contributed by atoms with Crippen molar-refractivity contribution in [2.24, 2.45) is 0 Å². The van der Waals surface area contributed by atoms with Crippen molar-refractivity contribution in [3.8, 4) is 0 Å². The van der Waals surface area contributed by atoms with E-state index in [-0.39, 0.29) is 23.9 Å². The highest BCUT2D eigenvalue weighted by molar-refractivity contribution is 6.00. The van der Waals surface area contributed by atoms with Gasteiger partial charge in [0.2, 0.25) is 11.8 Å². The smallest absolute Gasteiger partial charge is 0.410 e. The van der Waals surface area contributed by atoms with Crippen molar-refractivity contribution in [1.29, 1.82) is 0 Å². The Kier molecular flexibility index (Phi) is 5.60. The maximum Gasteiger partial charge on any atom is 0.410 e. The number of hydrogen-bond acceptors (Lipinski definition) is 6. The van der Waals surface area contributed by atoms with Crippen LogP contribution in [0, 0.1) is 0 Å². The zero-order valence-corrected chi connectivity index (χ0v) is 18.2. The standard InChI is InChI=1S/C22H29N5O4/c1-22(2,3)31-21(30)26-10-8-14(9-11-26)24-15-4-5-17-16(12-15)23-13-27(17)18-6-7-19(28)25-20(18)29/h4-5,12-14,18,24H,6-11H2,1-3H3,(H,25,28,29). The summed E-state index contributed by atoms with van der Waals surface area (Å²) in [4.78, 5) is 42.1. The number of carbonyl (C=O) groups excluding carboxylic acids is 3. The third-order valence-electron chi connectivity index (χ3n) is 5.64. The van der Waals surface area contributed by atoms with Crippen molar-refractivity contribution in [2.75, 3.05) is 18.4 Å². The second kappa shape index (κ2) is 8.20. The predicted molar refractivity (Wildman–Crippen MR) is 116 cm³/mol. The molecule has 1 unspecified atom stereocenters. The van der Waals surface area contributed by atoms with Gasteiger partial charge in [0.05, 0.1) is 17.4 Å². The maximum absolute atomic E-state index is 12.2. The van der Waals surface area contributed by atoms with Gasteiger partial charge in [-0.15, -0.1) is 0 Å². The minimum absolute atomic E-state index is 0.227. The SMILES string of the molecule is CC(C)(C)OC(=O)N1CCC(Nc2ccc3c(c2)ncn3C2CCC(=O)NC2=O)CC1. The summed E-state index contributed by atoms with van der Waals surface area (Å²) < 4.78 is 7.29. The topological polar surface area (TPSA) is 106 Å². The Morgan fingerprint density at radius 3 is 2.61 bits per heavy atom. The monoisotopic (exact) mass is 427 g/mol. The molecule has 3 heterocycles. The van der Waals surface area contributed by atoms with Crippen LogP contribution in [-0.4, -0.2) is 57.1 Å². The number of nitrogens with one attached hydrogen (secondary N) is 2. The Morgan fingerprint density at radius 1 is 1.19 bits per heavy atom. The first kappa shape index (κ1) is 21.1. The fraction of sp³-hybridized carbons (Fsp3) is 0.545. The fourth-order valence-corrected chi connectivity index (χ4v) is 4.09. The molecular weight excluding hydrogens is 398 g/mol. The van der Waals surface area contributed by atoms with E-state index < -0.39 is 11.6 Å². The molecular formula is C22H29N5O4. The van der Waals surface area contributed by atoms with Gasteiger partial charge in [0, 0.05) is 31.2 Å². The highest BCUT2D eigenvalue weighted by Crippen LogP contribution is 2.27. The van der Waals surface area contributed by atoms with E-state index in [4.69, 9.17) is 4.74 Å². The van der Waals surface area contributed by atoms with Gasteiger partial charge in [-0.3, -0.25) is 14.9 Å². The molecule has 0 aliphatic carbocycles. The molecule has 1 atom stereocenters. The Morgan fingerprint density at radius 2 is 1.94 bits per heavy atom. The maximum atomic E-state index is 12.2. The zero-order chi connectivity index (χ0) is 22.2. The van der Waals surface area contributed by atoms with Gasteiger partial charge < -0.3 is 19.5 Å². The Balaban J connectivity index is 1.38. The molecule has 9 nitrogen and oxygen atoms in total. The number of carbonyl (C=O) groups is 3. The van der Waals surface area contributed by atoms with Crippen molar-refractivity contribution >= 4 is 34.6 Å². The summed E-state index contributed by atoms with van der Waals surface area (Å²) in [5, 5.41) is 5.93. The van der Waals surface area contributed by atoms with Gasteiger partial charge in [0.1, 0.15) is 11.6 Å². The minimum atomic E-state index is -0.487. The van der Waals surface area contributed by atoms with E-state index in [0.29, 0.717) is 25.9 Å². The van der Waals surface area contributed by atoms with Crippen molar-refractivity contribution < 1.29 is 19.1 Å². The summed E-state index contributed by atoms with van der Waals surface area (Å²) in [5.74, 6) is -0.510. The van der Waals surface area contributed by atoms with Crippen molar-refractivity contribution in [2.45, 2.75) is 64.1 Å². The molecule has 2 aromatic rings. The van der Waals surface area contributed by atoms with Crippen LogP contribution in [-0.2, 0) is 14.3 Å². The van der Waals surface area contributed by atoms with Gasteiger partial charge in [-0.2, -0.15) is 0 Å². The quantitative estimate of drug-likeness (QED) is 0.730. The van der Waals surface area contributed by atoms with Gasteiger partial charge in [0.15, 0.2) is 0 Å². The molecule has 0 spiro atoms. The first-order valence-corrected chi connectivity index (χ1v) is 10.7. The van der Waals surface area contributed by atoms with Crippen LogP contribution >= 0.6 is 0 Å². The van der Waals surface area contributed by atoms with Gasteiger partial charge >= 0.3 is 6.09 Å². The molecule has 2 saturated heterocycles. The molecule has 0 radical (unpaired) electrons. The second-order valence-corrected chi connectivity index (χ2v) is 9.21. The molecule has 1 aromatic carbocycles. The summed E-state index contributed by atoms with van der Waals surface area (Å²) >= 11 is 0. The third kappa shape index (κ3) is 4.81. The molecule has 0 bridgehead atoms. The first-order valence-electron chi connectivity index (χ1n) is 10.7. The van der Waals surface area contributed by atoms with Crippen molar-refractivity contribution in [3.63, 3.8) is 0 Å². The van der Waals surface area contributed by atoms with Gasteiger partial charge in [-0.1, -0.05) is 0 Å². The van der Waals surface area contributed by atoms with E-state index >= 15 is 0 Å². The summed E-state index contributed by atoms with van der Waals surface area (Å²) in [6, 6.07) is 5.74. The van der Waals surface area contributed by atoms with Crippen molar-refractivity contribution in [1.82, 2.24) is 19.8 Å². The lowest BCUT2D eigenvalue weighted by atomic mass is 10.0. The number of fused-ring (bicyclic) bond motifs is 1. The average molecular weight is 428 g/mol. The molecule has 2 fully saturated rings. The average Bonchev–Trinajstić information content (AvgIpc) is 3.10. The van der Waals surface area contributed by atoms with E-state index in [0.717, 1.165) is 29.6 Å². The number of hydrogen-bond donors (Lipinski definition) is 2. The summed E-state index contributed by atoms with van der Waals surface area (Å²) in [6.07, 6.45) is 3.88. The molecule has 9 heteroatoms. The number of aromatic nitrogens is 2. The van der Waals surface area contributed by atoms with E-state index in [9.17, 15) is 14.4 Å². The van der Waals surface area contributed by atoms with Gasteiger partial charge in [-0.25, -0.2) is 9.78 Å². The lowest BCUT2D eigenvalue weighted by molar-refractivity contribution is -0.135. The summed E-state index contributed by atoms with van der Waals surface area (Å²) in [7, 11) is 0. The molecule has 166 valence electrons. The lowest BCUT2D eigenvalue weighted by Gasteiger charge is -2.34. The highest BCUT2D eigenvalue weighted by atomic mass is 16.6. The number of benzene rings is 1. The molecule has 2 aliphatic rings. The Labute approximate surface area is 181 Å². The van der Waals surface area contributed by atoms with Crippen LogP contribution in [0.2, 0.25) is 0 Å². The molecule has 2 N–H and O–H groups in total. The van der Waals surface area contributed by atoms with Gasteiger partial charge in [-0.05, 0) is 58.2 Å². The second-order valence-electron chi connectivity index (χ2n) is 9.21. The normalized spacial score (nSPS) is 20.6. The van der Waals surface area contributed by atoms with Crippen LogP contribution in [0.5, 0.6) is 0 Å². The van der Waals surface area contributed by atoms with E-state index in [2.05, 4.69) is 15.6 Å². The van der Waals surface area contributed by atoms with E-state index in [1.807, 2.05) is 43.5 Å². The molecule has 0 saturated carbocycles.